The zero-order valence-corrected chi connectivity index (χ0v) is 12.7. The van der Waals surface area contributed by atoms with E-state index in [9.17, 15) is 10.0 Å². The first kappa shape index (κ1) is 16.9. The van der Waals surface area contributed by atoms with Crippen LogP contribution in [0.2, 0.25) is 0 Å². The number of nitrogens with one attached hydrogen (secondary N) is 1. The van der Waals surface area contributed by atoms with Gasteiger partial charge in [-0.05, 0) is 29.8 Å². The van der Waals surface area contributed by atoms with Gasteiger partial charge in [0.25, 0.3) is 5.91 Å². The first-order valence-corrected chi connectivity index (χ1v) is 7.06. The van der Waals surface area contributed by atoms with Crippen molar-refractivity contribution in [1.82, 2.24) is 5.43 Å². The summed E-state index contributed by atoms with van der Waals surface area (Å²) in [6.45, 7) is -0.267. The summed E-state index contributed by atoms with van der Waals surface area (Å²) in [6.07, 6.45) is 1.54. The fourth-order valence-electron chi connectivity index (χ4n) is 1.78. The summed E-state index contributed by atoms with van der Waals surface area (Å²) in [4.78, 5) is 11.8. The van der Waals surface area contributed by atoms with Gasteiger partial charge < -0.3 is 15.2 Å². The van der Waals surface area contributed by atoms with Crippen LogP contribution in [0, 0.1) is 5.21 Å². The number of hydroxylamine groups is 1. The third-order valence-electron chi connectivity index (χ3n) is 2.91. The summed E-state index contributed by atoms with van der Waals surface area (Å²) in [5.74, 6) is 0.0791. The van der Waals surface area contributed by atoms with Crippen molar-refractivity contribution in [2.75, 3.05) is 6.61 Å². The molecule has 1 amide bonds. The van der Waals surface area contributed by atoms with Crippen LogP contribution in [-0.4, -0.2) is 28.8 Å². The fraction of sp³-hybridized carbons (Fsp3) is 0.125. The van der Waals surface area contributed by atoms with Crippen LogP contribution in [-0.2, 0) is 11.3 Å². The summed E-state index contributed by atoms with van der Waals surface area (Å²) in [6, 6.07) is 15.9. The maximum atomic E-state index is 11.6. The Labute approximate surface area is 138 Å². The van der Waals surface area contributed by atoms with Crippen LogP contribution < -0.4 is 10.2 Å². The van der Waals surface area contributed by atoms with Crippen molar-refractivity contribution in [1.29, 1.82) is 0 Å². The van der Waals surface area contributed by atoms with Crippen molar-refractivity contribution in [3.63, 3.8) is 0 Å². The first-order valence-electron chi connectivity index (χ1n) is 7.06. The molecule has 0 heterocycles. The van der Waals surface area contributed by atoms with Gasteiger partial charge in [0.2, 0.25) is 6.54 Å². The molecule has 8 nitrogen and oxygen atoms in total. The van der Waals surface area contributed by atoms with E-state index in [4.69, 9.17) is 9.94 Å². The Balaban J connectivity index is 1.76. The molecule has 0 unspecified atom stereocenters. The van der Waals surface area contributed by atoms with Gasteiger partial charge in [-0.15, -0.1) is 0 Å². The number of carbonyl (C=O) groups is 1. The molecule has 124 valence electrons. The van der Waals surface area contributed by atoms with Gasteiger partial charge in [0, 0.05) is 5.56 Å². The number of hydrogen-bond donors (Lipinski definition) is 2. The predicted octanol–water partition coefficient (Wildman–Crippen LogP) is 2.07. The van der Waals surface area contributed by atoms with Crippen molar-refractivity contribution in [3.05, 3.63) is 70.9 Å². The summed E-state index contributed by atoms with van der Waals surface area (Å²) in [7, 11) is 0. The Morgan fingerprint density at radius 2 is 1.92 bits per heavy atom. The zero-order chi connectivity index (χ0) is 17.2. The summed E-state index contributed by atoms with van der Waals surface area (Å²) in [5.41, 5.74) is 3.88. The van der Waals surface area contributed by atoms with Crippen LogP contribution in [0.25, 0.3) is 0 Å². The standard InChI is InChI=1S/C16H16N4O4/c21-16(18-17-10-13-4-2-1-3-5-13)12-24-15-8-6-14(7-9-15)11-20(23)19-22/h1-10,22H,11-12H2,(H,18,21). The van der Waals surface area contributed by atoms with Crippen LogP contribution in [0.15, 0.2) is 65.0 Å². The molecule has 2 N–H and O–H groups in total. The second kappa shape index (κ2) is 8.89. The highest BCUT2D eigenvalue weighted by molar-refractivity contribution is 5.82. The van der Waals surface area contributed by atoms with Crippen LogP contribution in [0.3, 0.4) is 0 Å². The fourth-order valence-corrected chi connectivity index (χ4v) is 1.78. The minimum Gasteiger partial charge on any atom is -0.597 e. The maximum Gasteiger partial charge on any atom is 0.277 e. The molecule has 0 aromatic heterocycles. The van der Waals surface area contributed by atoms with E-state index in [1.165, 1.54) is 6.21 Å². The highest BCUT2D eigenvalue weighted by Crippen LogP contribution is 2.12. The number of hydrogen-bond acceptors (Lipinski definition) is 5. The Bertz CT molecular complexity index is 715. The van der Waals surface area contributed by atoms with Gasteiger partial charge in [-0.25, -0.2) is 5.43 Å². The Morgan fingerprint density at radius 3 is 2.58 bits per heavy atom. The lowest BCUT2D eigenvalue weighted by atomic mass is 10.2. The van der Waals surface area contributed by atoms with Crippen molar-refractivity contribution in [2.24, 2.45) is 10.4 Å². The molecule has 0 radical (unpaired) electrons. The number of rotatable bonds is 7. The van der Waals surface area contributed by atoms with Gasteiger partial charge in [-0.1, -0.05) is 35.2 Å². The zero-order valence-electron chi connectivity index (χ0n) is 12.7. The Morgan fingerprint density at radius 1 is 1.21 bits per heavy atom. The van der Waals surface area contributed by atoms with Gasteiger partial charge in [0.05, 0.1) is 6.21 Å². The molecule has 2 aromatic carbocycles. The molecule has 0 bridgehead atoms. The molecule has 0 saturated heterocycles. The van der Waals surface area contributed by atoms with Gasteiger partial charge in [0.1, 0.15) is 5.75 Å². The normalized spacial score (nSPS) is 11.4. The number of hydrazone groups is 1. The first-order chi connectivity index (χ1) is 11.7. The Hall–Kier alpha value is -3.42. The molecular formula is C16H16N4O4. The second-order valence-electron chi connectivity index (χ2n) is 4.74. The van der Waals surface area contributed by atoms with E-state index in [0.29, 0.717) is 11.3 Å². The van der Waals surface area contributed by atoms with Crippen LogP contribution in [0.5, 0.6) is 5.75 Å². The van der Waals surface area contributed by atoms with Crippen LogP contribution >= 0.6 is 0 Å². The Kier molecular flexibility index (Phi) is 6.27. The number of amides is 1. The molecule has 2 rings (SSSR count). The number of nitrogens with zero attached hydrogens (tertiary/aromatic N) is 3. The third kappa shape index (κ3) is 5.76. The molecule has 0 aliphatic carbocycles. The topological polar surface area (TPSA) is 109 Å². The largest absolute Gasteiger partial charge is 0.597 e. The minimum absolute atomic E-state index is 0.0779. The minimum atomic E-state index is -0.393. The van der Waals surface area contributed by atoms with Gasteiger partial charge in [0.15, 0.2) is 11.9 Å². The highest BCUT2D eigenvalue weighted by Gasteiger charge is 2.03. The third-order valence-corrected chi connectivity index (χ3v) is 2.91. The second-order valence-corrected chi connectivity index (χ2v) is 4.74. The van der Waals surface area contributed by atoms with Crippen molar-refractivity contribution < 1.29 is 19.6 Å². The lowest BCUT2D eigenvalue weighted by molar-refractivity contribution is -0.570. The van der Waals surface area contributed by atoms with E-state index >= 15 is 0 Å². The number of carbonyl (C=O) groups excluding carboxylic acids is 1. The summed E-state index contributed by atoms with van der Waals surface area (Å²) in [5, 5.41) is 25.5. The number of ether oxygens (including phenoxy) is 1. The molecule has 8 heteroatoms. The maximum absolute atomic E-state index is 11.6. The molecular weight excluding hydrogens is 312 g/mol. The molecule has 2 aromatic rings. The average Bonchev–Trinajstić information content (AvgIpc) is 2.62. The summed E-state index contributed by atoms with van der Waals surface area (Å²) >= 11 is 0. The summed E-state index contributed by atoms with van der Waals surface area (Å²) < 4.78 is 5.31. The SMILES string of the molecule is O=C(COc1ccc(C[N+]([O-])=NO)cc1)NN=Cc1ccccc1. The van der Waals surface area contributed by atoms with E-state index in [2.05, 4.69) is 15.8 Å². The van der Waals surface area contributed by atoms with E-state index in [1.54, 1.807) is 24.3 Å². The van der Waals surface area contributed by atoms with Crippen LogP contribution in [0.4, 0.5) is 0 Å². The predicted molar refractivity (Wildman–Crippen MR) is 85.7 cm³/mol. The lowest BCUT2D eigenvalue weighted by Gasteiger charge is -2.05. The molecule has 24 heavy (non-hydrogen) atoms. The van der Waals surface area contributed by atoms with E-state index < -0.39 is 5.91 Å². The van der Waals surface area contributed by atoms with Gasteiger partial charge in [-0.2, -0.15) is 5.10 Å². The van der Waals surface area contributed by atoms with E-state index in [1.807, 2.05) is 30.3 Å². The van der Waals surface area contributed by atoms with E-state index in [-0.39, 0.29) is 18.0 Å². The van der Waals surface area contributed by atoms with Crippen molar-refractivity contribution in [3.8, 4) is 5.75 Å². The molecule has 0 atom stereocenters. The molecule has 0 spiro atoms. The lowest BCUT2D eigenvalue weighted by Crippen LogP contribution is -2.24. The van der Waals surface area contributed by atoms with E-state index in [0.717, 1.165) is 5.56 Å². The quantitative estimate of drug-likeness (QED) is 0.351. The van der Waals surface area contributed by atoms with Crippen molar-refractivity contribution >= 4 is 12.1 Å². The molecule has 0 saturated carbocycles. The number of benzene rings is 2. The smallest absolute Gasteiger partial charge is 0.277 e. The molecule has 0 aliphatic heterocycles. The van der Waals surface area contributed by atoms with Crippen molar-refractivity contribution in [2.45, 2.75) is 6.54 Å². The van der Waals surface area contributed by atoms with Gasteiger partial charge in [-0.3, -0.25) is 4.79 Å². The molecule has 0 aliphatic rings. The van der Waals surface area contributed by atoms with Gasteiger partial charge >= 0.3 is 0 Å². The monoisotopic (exact) mass is 328 g/mol. The highest BCUT2D eigenvalue weighted by atomic mass is 16.6. The average molecular weight is 328 g/mol. The van der Waals surface area contributed by atoms with Crippen LogP contribution in [0.1, 0.15) is 11.1 Å². The molecule has 0 fully saturated rings.